The van der Waals surface area contributed by atoms with Crippen LogP contribution in [0.2, 0.25) is 0 Å². The molecule has 3 aromatic carbocycles. The summed E-state index contributed by atoms with van der Waals surface area (Å²) in [6.07, 6.45) is 0.448. The van der Waals surface area contributed by atoms with Gasteiger partial charge in [0.05, 0.1) is 11.3 Å². The van der Waals surface area contributed by atoms with Crippen LogP contribution < -0.4 is 16.0 Å². The number of hydrogen-bond donors (Lipinski definition) is 3. The SMILES string of the molecule is CC(C)CC(=O)Nc1ccc(NC(=O)c2ccccc2NC(=O)c2ccccc2)cc1. The Morgan fingerprint density at radius 1 is 0.677 bits per heavy atom. The second-order valence-electron chi connectivity index (χ2n) is 7.54. The molecule has 3 amide bonds. The lowest BCUT2D eigenvalue weighted by Gasteiger charge is -2.12. The van der Waals surface area contributed by atoms with Crippen LogP contribution in [0, 0.1) is 5.92 Å². The van der Waals surface area contributed by atoms with Gasteiger partial charge in [-0.05, 0) is 54.4 Å². The summed E-state index contributed by atoms with van der Waals surface area (Å²) in [7, 11) is 0. The van der Waals surface area contributed by atoms with Crippen molar-refractivity contribution in [3.63, 3.8) is 0 Å². The summed E-state index contributed by atoms with van der Waals surface area (Å²) >= 11 is 0. The Hall–Kier alpha value is -3.93. The normalized spacial score (nSPS) is 10.4. The highest BCUT2D eigenvalue weighted by Gasteiger charge is 2.14. The van der Waals surface area contributed by atoms with E-state index >= 15 is 0 Å². The van der Waals surface area contributed by atoms with Crippen molar-refractivity contribution in [3.05, 3.63) is 90.0 Å². The molecule has 0 unspecified atom stereocenters. The van der Waals surface area contributed by atoms with Gasteiger partial charge in [-0.3, -0.25) is 14.4 Å². The van der Waals surface area contributed by atoms with E-state index in [0.29, 0.717) is 34.6 Å². The van der Waals surface area contributed by atoms with Crippen molar-refractivity contribution in [2.75, 3.05) is 16.0 Å². The second kappa shape index (κ2) is 10.2. The molecule has 0 atom stereocenters. The quantitative estimate of drug-likeness (QED) is 0.497. The van der Waals surface area contributed by atoms with Crippen LogP contribution in [0.3, 0.4) is 0 Å². The molecule has 6 nitrogen and oxygen atoms in total. The number of benzene rings is 3. The van der Waals surface area contributed by atoms with Crippen molar-refractivity contribution < 1.29 is 14.4 Å². The molecule has 0 aliphatic rings. The molecule has 0 bridgehead atoms. The Balaban J connectivity index is 1.67. The van der Waals surface area contributed by atoms with Crippen molar-refractivity contribution in [1.82, 2.24) is 0 Å². The van der Waals surface area contributed by atoms with Crippen molar-refractivity contribution in [3.8, 4) is 0 Å². The van der Waals surface area contributed by atoms with Crippen LogP contribution in [-0.4, -0.2) is 17.7 Å². The first kappa shape index (κ1) is 21.8. The van der Waals surface area contributed by atoms with Gasteiger partial charge < -0.3 is 16.0 Å². The van der Waals surface area contributed by atoms with Crippen LogP contribution in [0.1, 0.15) is 41.0 Å². The number of para-hydroxylation sites is 1. The van der Waals surface area contributed by atoms with Crippen LogP contribution in [0.4, 0.5) is 17.1 Å². The fourth-order valence-electron chi connectivity index (χ4n) is 2.99. The molecule has 31 heavy (non-hydrogen) atoms. The lowest BCUT2D eigenvalue weighted by molar-refractivity contribution is -0.116. The second-order valence-corrected chi connectivity index (χ2v) is 7.54. The fourth-order valence-corrected chi connectivity index (χ4v) is 2.99. The van der Waals surface area contributed by atoms with Gasteiger partial charge in [0.15, 0.2) is 0 Å². The third-order valence-corrected chi connectivity index (χ3v) is 4.48. The lowest BCUT2D eigenvalue weighted by Crippen LogP contribution is -2.18. The summed E-state index contributed by atoms with van der Waals surface area (Å²) in [4.78, 5) is 37.2. The largest absolute Gasteiger partial charge is 0.326 e. The van der Waals surface area contributed by atoms with Crippen molar-refractivity contribution >= 4 is 34.8 Å². The molecule has 0 aliphatic heterocycles. The standard InChI is InChI=1S/C25H25N3O3/c1-17(2)16-23(29)26-19-12-14-20(15-13-19)27-25(31)21-10-6-7-11-22(21)28-24(30)18-8-4-3-5-9-18/h3-15,17H,16H2,1-2H3,(H,26,29)(H,27,31)(H,28,30). The molecule has 3 N–H and O–H groups in total. The highest BCUT2D eigenvalue weighted by Crippen LogP contribution is 2.20. The summed E-state index contributed by atoms with van der Waals surface area (Å²) in [5.74, 6) is -0.404. The molecular weight excluding hydrogens is 390 g/mol. The van der Waals surface area contributed by atoms with Crippen molar-refractivity contribution in [2.45, 2.75) is 20.3 Å². The number of amides is 3. The van der Waals surface area contributed by atoms with Gasteiger partial charge in [0, 0.05) is 23.4 Å². The summed E-state index contributed by atoms with van der Waals surface area (Å²) in [6.45, 7) is 3.97. The van der Waals surface area contributed by atoms with Crippen molar-refractivity contribution in [1.29, 1.82) is 0 Å². The molecule has 0 saturated heterocycles. The van der Waals surface area contributed by atoms with Crippen LogP contribution in [-0.2, 0) is 4.79 Å². The smallest absolute Gasteiger partial charge is 0.257 e. The average molecular weight is 415 g/mol. The summed E-state index contributed by atoms with van der Waals surface area (Å²) in [6, 6.07) is 22.5. The monoisotopic (exact) mass is 415 g/mol. The Bertz CT molecular complexity index is 1060. The van der Waals surface area contributed by atoms with E-state index in [1.807, 2.05) is 19.9 Å². The molecule has 0 fully saturated rings. The van der Waals surface area contributed by atoms with Crippen LogP contribution in [0.15, 0.2) is 78.9 Å². The first-order valence-corrected chi connectivity index (χ1v) is 10.1. The molecule has 0 aromatic heterocycles. The van der Waals surface area contributed by atoms with E-state index in [4.69, 9.17) is 0 Å². The molecule has 3 aromatic rings. The molecule has 0 aliphatic carbocycles. The lowest BCUT2D eigenvalue weighted by atomic mass is 10.1. The van der Waals surface area contributed by atoms with E-state index in [1.165, 1.54) is 0 Å². The number of anilines is 3. The summed E-state index contributed by atoms with van der Waals surface area (Å²) in [5, 5.41) is 8.45. The predicted molar refractivity (Wildman–Crippen MR) is 123 cm³/mol. The van der Waals surface area contributed by atoms with E-state index in [1.54, 1.807) is 72.8 Å². The zero-order chi connectivity index (χ0) is 22.2. The first-order valence-electron chi connectivity index (χ1n) is 10.1. The van der Waals surface area contributed by atoms with E-state index in [9.17, 15) is 14.4 Å². The van der Waals surface area contributed by atoms with Crippen LogP contribution >= 0.6 is 0 Å². The van der Waals surface area contributed by atoms with E-state index < -0.39 is 0 Å². The van der Waals surface area contributed by atoms with Gasteiger partial charge in [-0.1, -0.05) is 44.2 Å². The third kappa shape index (κ3) is 6.27. The first-order chi connectivity index (χ1) is 14.9. The number of nitrogens with one attached hydrogen (secondary N) is 3. The van der Waals surface area contributed by atoms with Gasteiger partial charge in [-0.15, -0.1) is 0 Å². The van der Waals surface area contributed by atoms with Crippen molar-refractivity contribution in [2.24, 2.45) is 5.92 Å². The predicted octanol–water partition coefficient (Wildman–Crippen LogP) is 5.18. The van der Waals surface area contributed by atoms with Gasteiger partial charge in [0.25, 0.3) is 11.8 Å². The van der Waals surface area contributed by atoms with E-state index in [0.717, 1.165) is 0 Å². The highest BCUT2D eigenvalue weighted by molar-refractivity contribution is 6.12. The topological polar surface area (TPSA) is 87.3 Å². The van der Waals surface area contributed by atoms with E-state index in [-0.39, 0.29) is 23.6 Å². The Morgan fingerprint density at radius 3 is 1.90 bits per heavy atom. The molecule has 6 heteroatoms. The number of carbonyl (C=O) groups is 3. The Morgan fingerprint density at radius 2 is 1.26 bits per heavy atom. The maximum absolute atomic E-state index is 12.8. The van der Waals surface area contributed by atoms with Gasteiger partial charge >= 0.3 is 0 Å². The minimum atomic E-state index is -0.347. The molecule has 0 spiro atoms. The number of rotatable bonds is 7. The van der Waals surface area contributed by atoms with Gasteiger partial charge in [-0.25, -0.2) is 0 Å². The number of carbonyl (C=O) groups excluding carboxylic acids is 3. The maximum atomic E-state index is 12.8. The summed E-state index contributed by atoms with van der Waals surface area (Å²) in [5.41, 5.74) is 2.52. The van der Waals surface area contributed by atoms with Gasteiger partial charge in [-0.2, -0.15) is 0 Å². The zero-order valence-corrected chi connectivity index (χ0v) is 17.5. The van der Waals surface area contributed by atoms with E-state index in [2.05, 4.69) is 16.0 Å². The highest BCUT2D eigenvalue weighted by atomic mass is 16.2. The maximum Gasteiger partial charge on any atom is 0.257 e. The Kier molecular flexibility index (Phi) is 7.17. The summed E-state index contributed by atoms with van der Waals surface area (Å²) < 4.78 is 0. The minimum absolute atomic E-state index is 0.0464. The zero-order valence-electron chi connectivity index (χ0n) is 17.5. The molecule has 0 saturated carbocycles. The third-order valence-electron chi connectivity index (χ3n) is 4.48. The molecule has 3 rings (SSSR count). The average Bonchev–Trinajstić information content (AvgIpc) is 2.75. The fraction of sp³-hybridized carbons (Fsp3) is 0.160. The molecular formula is C25H25N3O3. The van der Waals surface area contributed by atoms with Crippen LogP contribution in [0.5, 0.6) is 0 Å². The molecule has 0 heterocycles. The Labute approximate surface area is 181 Å². The minimum Gasteiger partial charge on any atom is -0.326 e. The van der Waals surface area contributed by atoms with Gasteiger partial charge in [0.2, 0.25) is 5.91 Å². The molecule has 0 radical (unpaired) electrons. The molecule has 158 valence electrons. The number of hydrogen-bond acceptors (Lipinski definition) is 3. The van der Waals surface area contributed by atoms with Gasteiger partial charge in [0.1, 0.15) is 0 Å². The van der Waals surface area contributed by atoms with Crippen LogP contribution in [0.25, 0.3) is 0 Å².